The molecule has 0 aromatic rings. The van der Waals surface area contributed by atoms with E-state index in [-0.39, 0.29) is 18.3 Å². The summed E-state index contributed by atoms with van der Waals surface area (Å²) in [6.07, 6.45) is 0.00507. The van der Waals surface area contributed by atoms with E-state index in [1.54, 1.807) is 6.92 Å². The van der Waals surface area contributed by atoms with Crippen LogP contribution < -0.4 is 0 Å². The summed E-state index contributed by atoms with van der Waals surface area (Å²) < 4.78 is 5.27. The molecule has 0 amide bonds. The van der Waals surface area contributed by atoms with Crippen molar-refractivity contribution in [2.45, 2.75) is 60.5 Å². The molecular formula is C14H26O4. The van der Waals surface area contributed by atoms with Crippen LogP contribution in [0.5, 0.6) is 0 Å². The Labute approximate surface area is 110 Å². The summed E-state index contributed by atoms with van der Waals surface area (Å²) >= 11 is 0. The fourth-order valence-electron chi connectivity index (χ4n) is 2.01. The Morgan fingerprint density at radius 2 is 1.67 bits per heavy atom. The van der Waals surface area contributed by atoms with Crippen LogP contribution in [-0.2, 0) is 14.3 Å². The molecule has 0 radical (unpaired) electrons. The Balaban J connectivity index is 4.72. The molecule has 0 aliphatic carbocycles. The fraction of sp³-hybridized carbons (Fsp3) is 0.857. The van der Waals surface area contributed by atoms with Crippen molar-refractivity contribution in [2.75, 3.05) is 0 Å². The summed E-state index contributed by atoms with van der Waals surface area (Å²) in [7, 11) is 0. The van der Waals surface area contributed by atoms with Gasteiger partial charge in [0.1, 0.15) is 6.10 Å². The molecule has 0 aliphatic rings. The van der Waals surface area contributed by atoms with E-state index in [2.05, 4.69) is 13.8 Å². The first kappa shape index (κ1) is 16.9. The minimum absolute atomic E-state index is 0.151. The molecule has 2 atom stereocenters. The summed E-state index contributed by atoms with van der Waals surface area (Å²) in [6, 6.07) is 0. The lowest BCUT2D eigenvalue weighted by Crippen LogP contribution is -2.38. The van der Waals surface area contributed by atoms with Gasteiger partial charge in [-0.25, -0.2) is 0 Å². The van der Waals surface area contributed by atoms with E-state index in [0.29, 0.717) is 5.92 Å². The number of hydrogen-bond acceptors (Lipinski definition) is 3. The van der Waals surface area contributed by atoms with Gasteiger partial charge in [-0.3, -0.25) is 9.59 Å². The lowest BCUT2D eigenvalue weighted by molar-refractivity contribution is -0.165. The van der Waals surface area contributed by atoms with Gasteiger partial charge in [-0.15, -0.1) is 0 Å². The van der Waals surface area contributed by atoms with Crippen molar-refractivity contribution in [3.05, 3.63) is 0 Å². The van der Waals surface area contributed by atoms with E-state index >= 15 is 0 Å². The Kier molecular flexibility index (Phi) is 6.36. The predicted molar refractivity (Wildman–Crippen MR) is 70.2 cm³/mol. The number of aliphatic carboxylic acids is 1. The first-order chi connectivity index (χ1) is 8.09. The maximum atomic E-state index is 12.2. The molecular weight excluding hydrogens is 232 g/mol. The zero-order chi connectivity index (χ0) is 14.5. The van der Waals surface area contributed by atoms with Crippen LogP contribution in [0.4, 0.5) is 0 Å². The van der Waals surface area contributed by atoms with Crippen molar-refractivity contribution in [3.8, 4) is 0 Å². The Bertz CT molecular complexity index is 296. The van der Waals surface area contributed by atoms with E-state index in [1.165, 1.54) is 0 Å². The maximum Gasteiger partial charge on any atom is 0.312 e. The molecule has 0 saturated carbocycles. The smallest absolute Gasteiger partial charge is 0.312 e. The summed E-state index contributed by atoms with van der Waals surface area (Å²) in [6.45, 7) is 11.6. The number of carboxylic acids is 1. The second-order valence-corrected chi connectivity index (χ2v) is 5.98. The Hall–Kier alpha value is -1.06. The van der Waals surface area contributed by atoms with Crippen LogP contribution in [0.25, 0.3) is 0 Å². The van der Waals surface area contributed by atoms with Crippen molar-refractivity contribution < 1.29 is 19.4 Å². The van der Waals surface area contributed by atoms with E-state index in [9.17, 15) is 9.59 Å². The molecule has 0 aromatic carbocycles. The van der Waals surface area contributed by atoms with Crippen LogP contribution in [-0.4, -0.2) is 23.1 Å². The third-order valence-electron chi connectivity index (χ3n) is 3.34. The lowest BCUT2D eigenvalue weighted by atomic mass is 9.73. The monoisotopic (exact) mass is 258 g/mol. The largest absolute Gasteiger partial charge is 0.481 e. The average molecular weight is 258 g/mol. The number of rotatable bonds is 7. The summed E-state index contributed by atoms with van der Waals surface area (Å²) in [5.74, 6) is -0.700. The Morgan fingerprint density at radius 3 is 2.00 bits per heavy atom. The van der Waals surface area contributed by atoms with Crippen LogP contribution in [0.1, 0.15) is 54.4 Å². The van der Waals surface area contributed by atoms with Gasteiger partial charge in [-0.05, 0) is 32.1 Å². The van der Waals surface area contributed by atoms with Gasteiger partial charge in [-0.2, -0.15) is 0 Å². The van der Waals surface area contributed by atoms with E-state index in [1.807, 2.05) is 20.8 Å². The zero-order valence-corrected chi connectivity index (χ0v) is 12.3. The van der Waals surface area contributed by atoms with Crippen molar-refractivity contribution in [1.29, 1.82) is 0 Å². The number of carbonyl (C=O) groups is 2. The second kappa shape index (κ2) is 6.76. The van der Waals surface area contributed by atoms with E-state index < -0.39 is 17.5 Å². The molecule has 4 nitrogen and oxygen atoms in total. The van der Waals surface area contributed by atoms with Crippen LogP contribution in [0.2, 0.25) is 0 Å². The van der Waals surface area contributed by atoms with Crippen molar-refractivity contribution in [1.82, 2.24) is 0 Å². The van der Waals surface area contributed by atoms with E-state index in [4.69, 9.17) is 9.84 Å². The summed E-state index contributed by atoms with van der Waals surface area (Å²) in [4.78, 5) is 22.8. The van der Waals surface area contributed by atoms with Crippen LogP contribution in [0, 0.1) is 17.3 Å². The van der Waals surface area contributed by atoms with Crippen LogP contribution >= 0.6 is 0 Å². The number of carboxylic acid groups (broad SMARTS) is 1. The number of carbonyl (C=O) groups excluding carboxylic acids is 1. The first-order valence-corrected chi connectivity index (χ1v) is 6.52. The molecule has 1 N–H and O–H groups in total. The third kappa shape index (κ3) is 5.07. The zero-order valence-electron chi connectivity index (χ0n) is 12.3. The highest BCUT2D eigenvalue weighted by molar-refractivity contribution is 5.77. The van der Waals surface area contributed by atoms with Gasteiger partial charge >= 0.3 is 11.9 Å². The van der Waals surface area contributed by atoms with Crippen molar-refractivity contribution in [3.63, 3.8) is 0 Å². The molecule has 18 heavy (non-hydrogen) atoms. The minimum Gasteiger partial charge on any atom is -0.481 e. The molecule has 0 bridgehead atoms. The fourth-order valence-corrected chi connectivity index (χ4v) is 2.01. The van der Waals surface area contributed by atoms with Gasteiger partial charge in [0.05, 0.1) is 11.8 Å². The molecule has 0 aliphatic heterocycles. The van der Waals surface area contributed by atoms with Gasteiger partial charge in [0.2, 0.25) is 0 Å². The molecule has 0 spiro atoms. The molecule has 0 aromatic heterocycles. The van der Waals surface area contributed by atoms with Crippen molar-refractivity contribution >= 4 is 11.9 Å². The van der Waals surface area contributed by atoms with Gasteiger partial charge in [0.15, 0.2) is 0 Å². The molecule has 4 heteroatoms. The number of ether oxygens (including phenoxy) is 1. The topological polar surface area (TPSA) is 63.6 Å². The second-order valence-electron chi connectivity index (χ2n) is 5.98. The molecule has 106 valence electrons. The standard InChI is InChI=1S/C14H26O4/c1-9(2)8-14(6,10(3)4)13(17)18-11(5)7-12(15)16/h9-11H,7-8H2,1-6H3,(H,15,16). The van der Waals surface area contributed by atoms with Crippen LogP contribution in [0.15, 0.2) is 0 Å². The van der Waals surface area contributed by atoms with Crippen LogP contribution in [0.3, 0.4) is 0 Å². The Morgan fingerprint density at radius 1 is 1.17 bits per heavy atom. The predicted octanol–water partition coefficient (Wildman–Crippen LogP) is 3.10. The average Bonchev–Trinajstić information content (AvgIpc) is 2.14. The molecule has 2 unspecified atom stereocenters. The molecule has 0 fully saturated rings. The van der Waals surface area contributed by atoms with Crippen molar-refractivity contribution in [2.24, 2.45) is 17.3 Å². The summed E-state index contributed by atoms with van der Waals surface area (Å²) in [5, 5.41) is 8.66. The highest BCUT2D eigenvalue weighted by atomic mass is 16.5. The molecule has 0 rings (SSSR count). The lowest BCUT2D eigenvalue weighted by Gasteiger charge is -2.33. The molecule has 0 heterocycles. The SMILES string of the molecule is CC(C)CC(C)(C(=O)OC(C)CC(=O)O)C(C)C. The van der Waals surface area contributed by atoms with Gasteiger partial charge in [0.25, 0.3) is 0 Å². The summed E-state index contributed by atoms with van der Waals surface area (Å²) in [5.41, 5.74) is -0.555. The highest BCUT2D eigenvalue weighted by Gasteiger charge is 2.39. The quantitative estimate of drug-likeness (QED) is 0.713. The highest BCUT2D eigenvalue weighted by Crippen LogP contribution is 2.36. The van der Waals surface area contributed by atoms with E-state index in [0.717, 1.165) is 6.42 Å². The van der Waals surface area contributed by atoms with Gasteiger partial charge in [-0.1, -0.05) is 27.7 Å². The molecule has 0 saturated heterocycles. The number of esters is 1. The normalized spacial score (nSPS) is 16.4. The minimum atomic E-state index is -0.953. The van der Waals surface area contributed by atoms with Gasteiger partial charge in [0, 0.05) is 0 Å². The third-order valence-corrected chi connectivity index (χ3v) is 3.34. The van der Waals surface area contributed by atoms with Gasteiger partial charge < -0.3 is 9.84 Å². The first-order valence-electron chi connectivity index (χ1n) is 6.52. The number of hydrogen-bond donors (Lipinski definition) is 1. The maximum absolute atomic E-state index is 12.2.